The monoisotopic (exact) mass is 509 g/mol. The highest BCUT2D eigenvalue weighted by Crippen LogP contribution is 2.46. The van der Waals surface area contributed by atoms with E-state index in [9.17, 15) is 4.79 Å². The molecule has 0 aliphatic carbocycles. The molecule has 0 saturated carbocycles. The van der Waals surface area contributed by atoms with E-state index in [4.69, 9.17) is 21.6 Å². The first-order valence-corrected chi connectivity index (χ1v) is 13.1. The first-order chi connectivity index (χ1) is 18.0. The second-order valence-corrected chi connectivity index (χ2v) is 10.5. The van der Waals surface area contributed by atoms with Gasteiger partial charge in [0.1, 0.15) is 11.6 Å². The fraction of sp³-hybridized carbons (Fsp3) is 0.267. The Morgan fingerprint density at radius 2 is 1.84 bits per heavy atom. The van der Waals surface area contributed by atoms with Gasteiger partial charge in [-0.05, 0) is 48.7 Å². The van der Waals surface area contributed by atoms with E-state index in [-0.39, 0.29) is 18.0 Å². The number of carbonyl (C=O) groups excluding carboxylic acids is 1. The Hall–Kier alpha value is -3.77. The lowest BCUT2D eigenvalue weighted by molar-refractivity contribution is 0.102. The standard InChI is InChI=1S/C30H28ClN5O/c1-18(2)28-33-17-24-26(34-28)16-21-13-14-27(24)36(21)29-23(7-5-15-32-29)30(37)35-25-8-4-3-6-22(25)19-9-11-20(31)12-10-19/h3-12,15,17-18,21,27H,13-14,16H2,1-2H3,(H,35,37). The largest absolute Gasteiger partial charge is 0.345 e. The molecule has 2 aliphatic rings. The molecule has 0 spiro atoms. The summed E-state index contributed by atoms with van der Waals surface area (Å²) in [6.45, 7) is 4.24. The molecule has 2 unspecified atom stereocenters. The van der Waals surface area contributed by atoms with E-state index in [1.165, 1.54) is 0 Å². The number of rotatable bonds is 5. The van der Waals surface area contributed by atoms with E-state index in [2.05, 4.69) is 29.0 Å². The zero-order valence-electron chi connectivity index (χ0n) is 20.9. The molecule has 4 aromatic rings. The zero-order valence-corrected chi connectivity index (χ0v) is 21.6. The number of anilines is 2. The SMILES string of the molecule is CC(C)c1ncc2c(n1)CC1CCC2N1c1ncccc1C(=O)Nc1ccccc1-c1ccc(Cl)cc1. The van der Waals surface area contributed by atoms with Gasteiger partial charge in [-0.3, -0.25) is 4.79 Å². The van der Waals surface area contributed by atoms with Crippen molar-refractivity contribution in [3.63, 3.8) is 0 Å². The Labute approximate surface area is 221 Å². The summed E-state index contributed by atoms with van der Waals surface area (Å²) in [6.07, 6.45) is 6.63. The number of aromatic nitrogens is 3. The molecule has 2 aromatic carbocycles. The average molecular weight is 510 g/mol. The van der Waals surface area contributed by atoms with E-state index in [0.29, 0.717) is 16.5 Å². The maximum absolute atomic E-state index is 13.7. The molecule has 2 aromatic heterocycles. The Morgan fingerprint density at radius 1 is 1.03 bits per heavy atom. The molecule has 0 radical (unpaired) electrons. The highest BCUT2D eigenvalue weighted by molar-refractivity contribution is 6.30. The van der Waals surface area contributed by atoms with Crippen LogP contribution in [0.1, 0.15) is 66.1 Å². The summed E-state index contributed by atoms with van der Waals surface area (Å²) in [4.78, 5) is 30.3. The van der Waals surface area contributed by atoms with E-state index in [0.717, 1.165) is 59.0 Å². The van der Waals surface area contributed by atoms with Gasteiger partial charge in [0.25, 0.3) is 5.91 Å². The normalized spacial score (nSPS) is 18.1. The number of benzene rings is 2. The fourth-order valence-electron chi connectivity index (χ4n) is 5.54. The van der Waals surface area contributed by atoms with Crippen LogP contribution in [0.15, 0.2) is 73.1 Å². The Balaban J connectivity index is 1.32. The van der Waals surface area contributed by atoms with E-state index in [1.807, 2.05) is 66.9 Å². The topological polar surface area (TPSA) is 71.0 Å². The second-order valence-electron chi connectivity index (χ2n) is 10.0. The average Bonchev–Trinajstić information content (AvgIpc) is 3.23. The van der Waals surface area contributed by atoms with Crippen LogP contribution in [0.25, 0.3) is 11.1 Å². The van der Waals surface area contributed by atoms with E-state index >= 15 is 0 Å². The Bertz CT molecular complexity index is 1470. The number of amides is 1. The van der Waals surface area contributed by atoms with Crippen molar-refractivity contribution in [1.29, 1.82) is 0 Å². The number of halogens is 1. The van der Waals surface area contributed by atoms with Gasteiger partial charge in [-0.15, -0.1) is 0 Å². The molecule has 1 amide bonds. The Morgan fingerprint density at radius 3 is 2.65 bits per heavy atom. The third kappa shape index (κ3) is 4.36. The number of pyridine rings is 1. The summed E-state index contributed by atoms with van der Waals surface area (Å²) >= 11 is 6.09. The summed E-state index contributed by atoms with van der Waals surface area (Å²) in [5.74, 6) is 1.72. The zero-order chi connectivity index (χ0) is 25.5. The predicted molar refractivity (Wildman–Crippen MR) is 147 cm³/mol. The van der Waals surface area contributed by atoms with Gasteiger partial charge in [-0.2, -0.15) is 0 Å². The molecule has 37 heavy (non-hydrogen) atoms. The van der Waals surface area contributed by atoms with Crippen LogP contribution < -0.4 is 10.2 Å². The third-order valence-electron chi connectivity index (χ3n) is 7.33. The van der Waals surface area contributed by atoms with Crippen LogP contribution in [0.4, 0.5) is 11.5 Å². The van der Waals surface area contributed by atoms with Crippen LogP contribution in [0.3, 0.4) is 0 Å². The van der Waals surface area contributed by atoms with Crippen molar-refractivity contribution in [2.75, 3.05) is 10.2 Å². The van der Waals surface area contributed by atoms with Gasteiger partial charge in [0.15, 0.2) is 0 Å². The van der Waals surface area contributed by atoms with Crippen LogP contribution >= 0.6 is 11.6 Å². The summed E-state index contributed by atoms with van der Waals surface area (Å²) < 4.78 is 0. The van der Waals surface area contributed by atoms with Gasteiger partial charge in [0, 0.05) is 52.6 Å². The maximum Gasteiger partial charge on any atom is 0.259 e. The molecule has 186 valence electrons. The molecule has 2 bridgehead atoms. The van der Waals surface area contributed by atoms with Crippen molar-refractivity contribution < 1.29 is 4.79 Å². The minimum absolute atomic E-state index is 0.123. The first kappa shape index (κ1) is 23.6. The molecular weight excluding hydrogens is 482 g/mol. The second kappa shape index (κ2) is 9.60. The molecule has 1 fully saturated rings. The molecular formula is C30H28ClN5O. The number of nitrogens with one attached hydrogen (secondary N) is 1. The number of hydrogen-bond donors (Lipinski definition) is 1. The lowest BCUT2D eigenvalue weighted by Crippen LogP contribution is -2.40. The van der Waals surface area contributed by atoms with Crippen molar-refractivity contribution >= 4 is 29.0 Å². The summed E-state index contributed by atoms with van der Waals surface area (Å²) in [6, 6.07) is 19.5. The van der Waals surface area contributed by atoms with Gasteiger partial charge < -0.3 is 10.2 Å². The van der Waals surface area contributed by atoms with Crippen molar-refractivity contribution in [3.8, 4) is 11.1 Å². The molecule has 2 atom stereocenters. The molecule has 1 saturated heterocycles. The molecule has 6 rings (SSSR count). The smallest absolute Gasteiger partial charge is 0.259 e. The molecule has 7 heteroatoms. The first-order valence-electron chi connectivity index (χ1n) is 12.7. The van der Waals surface area contributed by atoms with Crippen molar-refractivity contribution in [1.82, 2.24) is 15.0 Å². The van der Waals surface area contributed by atoms with E-state index < -0.39 is 0 Å². The van der Waals surface area contributed by atoms with Crippen LogP contribution in [-0.2, 0) is 6.42 Å². The van der Waals surface area contributed by atoms with Gasteiger partial charge in [0.05, 0.1) is 17.3 Å². The molecule has 4 heterocycles. The molecule has 1 N–H and O–H groups in total. The number of fused-ring (bicyclic) bond motifs is 4. The van der Waals surface area contributed by atoms with Crippen molar-refractivity contribution in [2.24, 2.45) is 0 Å². The summed E-state index contributed by atoms with van der Waals surface area (Å²) in [7, 11) is 0. The number of hydrogen-bond acceptors (Lipinski definition) is 5. The third-order valence-corrected chi connectivity index (χ3v) is 7.58. The minimum atomic E-state index is -0.180. The van der Waals surface area contributed by atoms with Gasteiger partial charge >= 0.3 is 0 Å². The number of nitrogens with zero attached hydrogens (tertiary/aromatic N) is 4. The van der Waals surface area contributed by atoms with Crippen LogP contribution in [-0.4, -0.2) is 26.9 Å². The van der Waals surface area contributed by atoms with Crippen molar-refractivity contribution in [2.45, 2.75) is 51.1 Å². The lowest BCUT2D eigenvalue weighted by Gasteiger charge is -2.37. The van der Waals surface area contributed by atoms with E-state index in [1.54, 1.807) is 6.20 Å². The molecule has 2 aliphatic heterocycles. The van der Waals surface area contributed by atoms with Crippen LogP contribution in [0.2, 0.25) is 5.02 Å². The maximum atomic E-state index is 13.7. The quantitative estimate of drug-likeness (QED) is 0.319. The van der Waals surface area contributed by atoms with Crippen LogP contribution in [0.5, 0.6) is 0 Å². The number of para-hydroxylation sites is 1. The minimum Gasteiger partial charge on any atom is -0.345 e. The Kier molecular flexibility index (Phi) is 6.13. The highest BCUT2D eigenvalue weighted by Gasteiger charge is 2.43. The van der Waals surface area contributed by atoms with Gasteiger partial charge in [-0.1, -0.05) is 55.8 Å². The summed E-state index contributed by atoms with van der Waals surface area (Å²) in [5, 5.41) is 3.82. The predicted octanol–water partition coefficient (Wildman–Crippen LogP) is 6.83. The van der Waals surface area contributed by atoms with Gasteiger partial charge in [-0.25, -0.2) is 15.0 Å². The highest BCUT2D eigenvalue weighted by atomic mass is 35.5. The molecule has 6 nitrogen and oxygen atoms in total. The summed E-state index contributed by atoms with van der Waals surface area (Å²) in [5.41, 5.74) is 5.52. The van der Waals surface area contributed by atoms with Crippen LogP contribution in [0, 0.1) is 0 Å². The lowest BCUT2D eigenvalue weighted by atomic mass is 9.98. The fourth-order valence-corrected chi connectivity index (χ4v) is 5.66. The van der Waals surface area contributed by atoms with Gasteiger partial charge in [0.2, 0.25) is 0 Å². The number of carbonyl (C=O) groups is 1. The van der Waals surface area contributed by atoms with Crippen molar-refractivity contribution in [3.05, 3.63) is 101 Å².